The van der Waals surface area contributed by atoms with Crippen LogP contribution in [0.1, 0.15) is 31.4 Å². The van der Waals surface area contributed by atoms with E-state index in [4.69, 9.17) is 0 Å². The fourth-order valence-electron chi connectivity index (χ4n) is 5.44. The van der Waals surface area contributed by atoms with Gasteiger partial charge in [-0.3, -0.25) is 24.6 Å². The van der Waals surface area contributed by atoms with E-state index in [1.165, 1.54) is 4.90 Å². The quantitative estimate of drug-likeness (QED) is 0.769. The van der Waals surface area contributed by atoms with E-state index in [0.717, 1.165) is 11.1 Å². The molecule has 3 amide bonds. The van der Waals surface area contributed by atoms with Crippen LogP contribution in [0.5, 0.6) is 0 Å². The zero-order valence-corrected chi connectivity index (χ0v) is 17.1. The van der Waals surface area contributed by atoms with Gasteiger partial charge in [0, 0.05) is 23.3 Å². The first-order valence-electron chi connectivity index (χ1n) is 10.6. The molecule has 2 saturated heterocycles. The van der Waals surface area contributed by atoms with Crippen molar-refractivity contribution >= 4 is 23.4 Å². The molecular weight excluding hydrogens is 378 g/mol. The van der Waals surface area contributed by atoms with Crippen LogP contribution in [-0.4, -0.2) is 34.7 Å². The maximum atomic E-state index is 13.6. The van der Waals surface area contributed by atoms with Crippen molar-refractivity contribution in [3.63, 3.8) is 0 Å². The molecule has 5 rings (SSSR count). The molecule has 30 heavy (non-hydrogen) atoms. The van der Waals surface area contributed by atoms with Crippen molar-refractivity contribution in [2.24, 2.45) is 11.8 Å². The molecule has 3 heterocycles. The molecule has 0 aliphatic carbocycles. The van der Waals surface area contributed by atoms with Gasteiger partial charge in [-0.1, -0.05) is 55.5 Å². The molecular formula is C24H25N3O3. The Morgan fingerprint density at radius 1 is 1.00 bits per heavy atom. The first-order valence-corrected chi connectivity index (χ1v) is 10.6. The van der Waals surface area contributed by atoms with E-state index < -0.39 is 17.4 Å². The summed E-state index contributed by atoms with van der Waals surface area (Å²) in [5, 5.41) is 6.42. The van der Waals surface area contributed by atoms with Gasteiger partial charge in [0.25, 0.3) is 0 Å². The number of carbonyl (C=O) groups is 3. The molecule has 2 aromatic rings. The Bertz CT molecular complexity index is 1040. The minimum absolute atomic E-state index is 0.165. The van der Waals surface area contributed by atoms with Crippen molar-refractivity contribution in [2.75, 3.05) is 5.32 Å². The van der Waals surface area contributed by atoms with Crippen molar-refractivity contribution in [1.82, 2.24) is 10.2 Å². The third kappa shape index (κ3) is 2.43. The highest BCUT2D eigenvalue weighted by atomic mass is 16.2. The maximum absolute atomic E-state index is 13.6. The van der Waals surface area contributed by atoms with E-state index in [2.05, 4.69) is 10.6 Å². The number of nitrogens with one attached hydrogen (secondary N) is 2. The van der Waals surface area contributed by atoms with Gasteiger partial charge in [0.1, 0.15) is 5.54 Å². The summed E-state index contributed by atoms with van der Waals surface area (Å²) in [6.45, 7) is 3.86. The molecule has 6 heteroatoms. The van der Waals surface area contributed by atoms with E-state index in [-0.39, 0.29) is 29.8 Å². The lowest BCUT2D eigenvalue weighted by Crippen LogP contribution is -2.54. The van der Waals surface area contributed by atoms with Crippen LogP contribution in [0.25, 0.3) is 0 Å². The van der Waals surface area contributed by atoms with Crippen LogP contribution >= 0.6 is 0 Å². The smallest absolute Gasteiger partial charge is 0.250 e. The van der Waals surface area contributed by atoms with E-state index in [1.54, 1.807) is 0 Å². The Morgan fingerprint density at radius 3 is 2.43 bits per heavy atom. The Labute approximate surface area is 175 Å². The normalized spacial score (nSPS) is 30.5. The molecule has 0 unspecified atom stereocenters. The van der Waals surface area contributed by atoms with E-state index in [0.29, 0.717) is 18.5 Å². The van der Waals surface area contributed by atoms with Crippen molar-refractivity contribution in [2.45, 2.75) is 44.3 Å². The maximum Gasteiger partial charge on any atom is 0.250 e. The highest BCUT2D eigenvalue weighted by Crippen LogP contribution is 2.53. The van der Waals surface area contributed by atoms with Gasteiger partial charge in [0.15, 0.2) is 0 Å². The summed E-state index contributed by atoms with van der Waals surface area (Å²) in [5.74, 6) is -1.96. The van der Waals surface area contributed by atoms with Gasteiger partial charge in [-0.25, -0.2) is 0 Å². The van der Waals surface area contributed by atoms with Gasteiger partial charge in [0.2, 0.25) is 17.7 Å². The summed E-state index contributed by atoms with van der Waals surface area (Å²) < 4.78 is 0. The molecule has 5 atom stereocenters. The fourth-order valence-corrected chi connectivity index (χ4v) is 5.44. The summed E-state index contributed by atoms with van der Waals surface area (Å²) in [7, 11) is 0. The zero-order chi connectivity index (χ0) is 21.0. The van der Waals surface area contributed by atoms with Gasteiger partial charge in [-0.2, -0.15) is 0 Å². The average molecular weight is 403 g/mol. The summed E-state index contributed by atoms with van der Waals surface area (Å²) in [6, 6.07) is 16.9. The van der Waals surface area contributed by atoms with Crippen molar-refractivity contribution < 1.29 is 14.4 Å². The van der Waals surface area contributed by atoms with Gasteiger partial charge < -0.3 is 5.32 Å². The number of carbonyl (C=O) groups excluding carboxylic acids is 3. The predicted molar refractivity (Wildman–Crippen MR) is 112 cm³/mol. The van der Waals surface area contributed by atoms with Gasteiger partial charge in [-0.05, 0) is 31.4 Å². The highest BCUT2D eigenvalue weighted by molar-refractivity contribution is 6.15. The summed E-state index contributed by atoms with van der Waals surface area (Å²) in [5.41, 5.74) is 1.32. The largest absolute Gasteiger partial charge is 0.324 e. The number of benzene rings is 2. The monoisotopic (exact) mass is 403 g/mol. The Kier molecular flexibility index (Phi) is 4.29. The second-order valence-electron chi connectivity index (χ2n) is 8.56. The number of fused-ring (bicyclic) bond motifs is 4. The molecule has 3 aliphatic heterocycles. The van der Waals surface area contributed by atoms with Gasteiger partial charge in [0.05, 0.1) is 11.8 Å². The standard InChI is InChI=1S/C24H25N3O3/c1-3-14(2)27-21(28)19-18(13-15-9-5-4-6-10-15)26-24(20(19)22(27)29)16-11-7-8-12-17(16)25-23(24)30/h4-12,14,18-20,26H,3,13H2,1-2H3,(H,25,30)/t14-,18-,19+,20-,24+/m0/s1. The zero-order valence-electron chi connectivity index (χ0n) is 17.1. The first-order chi connectivity index (χ1) is 14.5. The van der Waals surface area contributed by atoms with Crippen LogP contribution < -0.4 is 10.6 Å². The number of imide groups is 1. The number of anilines is 1. The van der Waals surface area contributed by atoms with Crippen LogP contribution in [-0.2, 0) is 26.3 Å². The van der Waals surface area contributed by atoms with Gasteiger partial charge in [-0.15, -0.1) is 0 Å². The molecule has 154 valence electrons. The minimum atomic E-state index is -1.21. The Morgan fingerprint density at radius 2 is 1.70 bits per heavy atom. The predicted octanol–water partition coefficient (Wildman–Crippen LogP) is 2.45. The molecule has 2 N–H and O–H groups in total. The molecule has 2 fully saturated rings. The summed E-state index contributed by atoms with van der Waals surface area (Å²) in [4.78, 5) is 41.8. The van der Waals surface area contributed by atoms with Crippen molar-refractivity contribution in [3.8, 4) is 0 Å². The molecule has 0 bridgehead atoms. The van der Waals surface area contributed by atoms with Crippen LogP contribution in [0.4, 0.5) is 5.69 Å². The molecule has 0 saturated carbocycles. The Hall–Kier alpha value is -2.99. The number of hydrogen-bond donors (Lipinski definition) is 2. The number of likely N-dealkylation sites (tertiary alicyclic amines) is 1. The Balaban J connectivity index is 1.64. The number of hydrogen-bond acceptors (Lipinski definition) is 4. The third-order valence-corrected chi connectivity index (χ3v) is 6.99. The topological polar surface area (TPSA) is 78.5 Å². The lowest BCUT2D eigenvalue weighted by molar-refractivity contribution is -0.145. The van der Waals surface area contributed by atoms with E-state index in [9.17, 15) is 14.4 Å². The number of nitrogens with zero attached hydrogens (tertiary/aromatic N) is 1. The minimum Gasteiger partial charge on any atom is -0.324 e. The number of amides is 3. The SMILES string of the molecule is CC[C@H](C)N1C(=O)[C@@H]2[C@H](Cc3ccccc3)N[C@@]3(C(=O)Nc4ccccc43)[C@@H]2C1=O. The van der Waals surface area contributed by atoms with Crippen molar-refractivity contribution in [1.29, 1.82) is 0 Å². The molecule has 0 radical (unpaired) electrons. The van der Waals surface area contributed by atoms with Crippen LogP contribution in [0, 0.1) is 11.8 Å². The van der Waals surface area contributed by atoms with Gasteiger partial charge >= 0.3 is 0 Å². The lowest BCUT2D eigenvalue weighted by Gasteiger charge is -2.31. The highest BCUT2D eigenvalue weighted by Gasteiger charge is 2.70. The van der Waals surface area contributed by atoms with Crippen LogP contribution in [0.15, 0.2) is 54.6 Å². The molecule has 3 aliphatic rings. The van der Waals surface area contributed by atoms with Crippen LogP contribution in [0.3, 0.4) is 0 Å². The number of para-hydroxylation sites is 1. The molecule has 0 aromatic heterocycles. The average Bonchev–Trinajstić information content (AvgIpc) is 3.33. The molecule has 2 aromatic carbocycles. The van der Waals surface area contributed by atoms with Crippen LogP contribution in [0.2, 0.25) is 0 Å². The first kappa shape index (κ1) is 19.0. The summed E-state index contributed by atoms with van der Waals surface area (Å²) in [6.07, 6.45) is 1.26. The van der Waals surface area contributed by atoms with Crippen molar-refractivity contribution in [3.05, 3.63) is 65.7 Å². The fraction of sp³-hybridized carbons (Fsp3) is 0.375. The molecule has 1 spiro atoms. The number of rotatable bonds is 4. The molecule has 6 nitrogen and oxygen atoms in total. The summed E-state index contributed by atoms with van der Waals surface area (Å²) >= 11 is 0. The van der Waals surface area contributed by atoms with E-state index in [1.807, 2.05) is 68.4 Å². The van der Waals surface area contributed by atoms with E-state index >= 15 is 0 Å². The second kappa shape index (κ2) is 6.77. The lowest BCUT2D eigenvalue weighted by atomic mass is 9.76. The second-order valence-corrected chi connectivity index (χ2v) is 8.56. The third-order valence-electron chi connectivity index (χ3n) is 6.99.